The van der Waals surface area contributed by atoms with Crippen molar-refractivity contribution in [3.8, 4) is 0 Å². The molecule has 0 bridgehead atoms. The number of hydrogen-bond donors (Lipinski definition) is 1. The van der Waals surface area contributed by atoms with Crippen LogP contribution in [0.2, 0.25) is 0 Å². The van der Waals surface area contributed by atoms with Gasteiger partial charge in [0.05, 0.1) is 6.54 Å². The van der Waals surface area contributed by atoms with Gasteiger partial charge < -0.3 is 4.90 Å². The van der Waals surface area contributed by atoms with E-state index in [0.29, 0.717) is 0 Å². The lowest BCUT2D eigenvalue weighted by atomic mass is 9.92. The summed E-state index contributed by atoms with van der Waals surface area (Å²) in [5.41, 5.74) is 2.20. The van der Waals surface area contributed by atoms with Gasteiger partial charge in [0.1, 0.15) is 0 Å². The molecule has 0 aromatic heterocycles. The van der Waals surface area contributed by atoms with Gasteiger partial charge in [-0.25, -0.2) is 4.99 Å². The molecule has 0 fully saturated rings. The van der Waals surface area contributed by atoms with Crippen LogP contribution in [0.5, 0.6) is 0 Å². The van der Waals surface area contributed by atoms with Crippen LogP contribution in [0.3, 0.4) is 0 Å². The average molecular weight is 287 g/mol. The smallest absolute Gasteiger partial charge is 0.170 e. The summed E-state index contributed by atoms with van der Waals surface area (Å²) in [6.07, 6.45) is 2.12. The molecule has 0 amide bonds. The van der Waals surface area contributed by atoms with E-state index in [9.17, 15) is 0 Å². The highest BCUT2D eigenvalue weighted by atomic mass is 32.2. The van der Waals surface area contributed by atoms with Gasteiger partial charge in [0, 0.05) is 11.7 Å². The molecule has 3 rings (SSSR count). The van der Waals surface area contributed by atoms with Gasteiger partial charge in [-0.1, -0.05) is 36.0 Å². The number of benzene rings is 1. The molecule has 20 heavy (non-hydrogen) atoms. The molecule has 0 aliphatic carbocycles. The number of amidine groups is 1. The van der Waals surface area contributed by atoms with E-state index >= 15 is 0 Å². The highest BCUT2D eigenvalue weighted by Crippen LogP contribution is 2.38. The highest BCUT2D eigenvalue weighted by molar-refractivity contribution is 8.16. The molecule has 0 radical (unpaired) electrons. The minimum Gasteiger partial charge on any atom is -0.323 e. The maximum absolute atomic E-state index is 5.03. The first-order chi connectivity index (χ1) is 9.40. The Morgan fingerprint density at radius 2 is 2.05 bits per heavy atom. The number of rotatable bonds is 2. The summed E-state index contributed by atoms with van der Waals surface area (Å²) in [5, 5.41) is 6.92. The monoisotopic (exact) mass is 287 g/mol. The molecule has 0 spiro atoms. The van der Waals surface area contributed by atoms with E-state index in [-0.39, 0.29) is 11.2 Å². The van der Waals surface area contributed by atoms with Gasteiger partial charge in [-0.3, -0.25) is 5.32 Å². The summed E-state index contributed by atoms with van der Waals surface area (Å²) < 4.78 is 0. The fraction of sp³-hybridized carbons (Fsp3) is 0.438. The molecule has 0 saturated carbocycles. The van der Waals surface area contributed by atoms with Crippen LogP contribution in [0, 0.1) is 6.92 Å². The Labute approximate surface area is 125 Å². The Morgan fingerprint density at radius 3 is 2.70 bits per heavy atom. The van der Waals surface area contributed by atoms with Gasteiger partial charge in [0.15, 0.2) is 10.8 Å². The summed E-state index contributed by atoms with van der Waals surface area (Å²) >= 11 is 1.70. The van der Waals surface area contributed by atoms with Crippen molar-refractivity contribution in [2.75, 3.05) is 6.54 Å². The number of hydrogen-bond acceptors (Lipinski definition) is 4. The van der Waals surface area contributed by atoms with Crippen LogP contribution in [-0.2, 0) is 5.66 Å². The lowest BCUT2D eigenvalue weighted by Gasteiger charge is -2.36. The van der Waals surface area contributed by atoms with Gasteiger partial charge in [-0.15, -0.1) is 0 Å². The molecule has 1 aromatic rings. The third-order valence-electron chi connectivity index (χ3n) is 3.52. The molecular weight excluding hydrogens is 266 g/mol. The maximum Gasteiger partial charge on any atom is 0.170 e. The van der Waals surface area contributed by atoms with Crippen molar-refractivity contribution in [3.63, 3.8) is 0 Å². The van der Waals surface area contributed by atoms with E-state index in [1.807, 2.05) is 0 Å². The first-order valence-electron chi connectivity index (χ1n) is 6.95. The van der Waals surface area contributed by atoms with Crippen LogP contribution in [0.25, 0.3) is 0 Å². The number of aliphatic imine (C=N–C) groups is 1. The number of aryl methyl sites for hydroxylation is 1. The van der Waals surface area contributed by atoms with Gasteiger partial charge in [0.2, 0.25) is 0 Å². The second-order valence-corrected chi connectivity index (χ2v) is 7.35. The predicted molar refractivity (Wildman–Crippen MR) is 86.6 cm³/mol. The fourth-order valence-electron chi connectivity index (χ4n) is 2.89. The minimum absolute atomic E-state index is 0.000476. The summed E-state index contributed by atoms with van der Waals surface area (Å²) in [7, 11) is 0. The van der Waals surface area contributed by atoms with Gasteiger partial charge in [-0.2, -0.15) is 0 Å². The SMILES string of the molecule is Cc1ccccc1C1(NC(C)(C)C)CN2C=CSC2=N1. The summed E-state index contributed by atoms with van der Waals surface area (Å²) in [4.78, 5) is 7.26. The van der Waals surface area contributed by atoms with Crippen molar-refractivity contribution in [1.29, 1.82) is 0 Å². The van der Waals surface area contributed by atoms with Crippen LogP contribution in [0.1, 0.15) is 31.9 Å². The normalized spacial score (nSPS) is 25.0. The third-order valence-corrected chi connectivity index (χ3v) is 4.31. The molecule has 1 aromatic carbocycles. The van der Waals surface area contributed by atoms with Gasteiger partial charge in [-0.05, 0) is 44.2 Å². The number of nitrogens with one attached hydrogen (secondary N) is 1. The zero-order chi connectivity index (χ0) is 14.4. The van der Waals surface area contributed by atoms with Gasteiger partial charge >= 0.3 is 0 Å². The molecule has 106 valence electrons. The molecule has 2 aliphatic heterocycles. The fourth-order valence-corrected chi connectivity index (χ4v) is 3.69. The van der Waals surface area contributed by atoms with Crippen LogP contribution < -0.4 is 5.32 Å². The quantitative estimate of drug-likeness (QED) is 0.903. The molecule has 1 N–H and O–H groups in total. The van der Waals surface area contributed by atoms with Crippen molar-refractivity contribution >= 4 is 16.9 Å². The average Bonchev–Trinajstić information content (AvgIpc) is 2.86. The van der Waals surface area contributed by atoms with Gasteiger partial charge in [0.25, 0.3) is 0 Å². The number of thioether (sulfide) groups is 1. The standard InChI is InChI=1S/C16H21N3S/c1-12-7-5-6-8-13(12)16(18-15(2,3)4)11-19-9-10-20-14(19)17-16/h5-10,18H,11H2,1-4H3. The van der Waals surface area contributed by atoms with Crippen molar-refractivity contribution in [2.45, 2.75) is 38.9 Å². The Morgan fingerprint density at radius 1 is 1.30 bits per heavy atom. The predicted octanol–water partition coefficient (Wildman–Crippen LogP) is 3.43. The molecule has 2 aliphatic rings. The number of nitrogens with zero attached hydrogens (tertiary/aromatic N) is 2. The van der Waals surface area contributed by atoms with E-state index in [1.165, 1.54) is 11.1 Å². The largest absolute Gasteiger partial charge is 0.323 e. The van der Waals surface area contributed by atoms with E-state index in [1.54, 1.807) is 11.8 Å². The molecule has 2 heterocycles. The second kappa shape index (κ2) is 4.64. The number of fused-ring (bicyclic) bond motifs is 1. The summed E-state index contributed by atoms with van der Waals surface area (Å²) in [5.74, 6) is 0. The zero-order valence-corrected chi connectivity index (χ0v) is 13.3. The molecule has 0 saturated heterocycles. The van der Waals surface area contributed by atoms with E-state index in [0.717, 1.165) is 11.7 Å². The first-order valence-corrected chi connectivity index (χ1v) is 7.83. The molecular formula is C16H21N3S. The van der Waals surface area contributed by atoms with E-state index in [2.05, 4.69) is 73.8 Å². The lowest BCUT2D eigenvalue weighted by molar-refractivity contribution is 0.243. The van der Waals surface area contributed by atoms with E-state index in [4.69, 9.17) is 4.99 Å². The second-order valence-electron chi connectivity index (χ2n) is 6.48. The molecule has 1 unspecified atom stereocenters. The highest BCUT2D eigenvalue weighted by Gasteiger charge is 2.44. The van der Waals surface area contributed by atoms with Crippen molar-refractivity contribution in [3.05, 3.63) is 47.0 Å². The van der Waals surface area contributed by atoms with Crippen LogP contribution in [-0.4, -0.2) is 22.2 Å². The van der Waals surface area contributed by atoms with Crippen molar-refractivity contribution in [1.82, 2.24) is 10.2 Å². The van der Waals surface area contributed by atoms with Crippen LogP contribution in [0.4, 0.5) is 0 Å². The van der Waals surface area contributed by atoms with Crippen LogP contribution >= 0.6 is 11.8 Å². The zero-order valence-electron chi connectivity index (χ0n) is 12.5. The van der Waals surface area contributed by atoms with E-state index < -0.39 is 0 Å². The van der Waals surface area contributed by atoms with Crippen molar-refractivity contribution < 1.29 is 0 Å². The Balaban J connectivity index is 2.07. The summed E-state index contributed by atoms with van der Waals surface area (Å²) in [6, 6.07) is 8.53. The van der Waals surface area contributed by atoms with Crippen molar-refractivity contribution in [2.24, 2.45) is 4.99 Å². The molecule has 4 heteroatoms. The summed E-state index contributed by atoms with van der Waals surface area (Å²) in [6.45, 7) is 9.60. The van der Waals surface area contributed by atoms with Crippen LogP contribution in [0.15, 0.2) is 40.9 Å². The molecule has 1 atom stereocenters. The lowest BCUT2D eigenvalue weighted by Crippen LogP contribution is -2.53. The Bertz CT molecular complexity index is 586. The molecule has 3 nitrogen and oxygen atoms in total. The first kappa shape index (κ1) is 13.7. The maximum atomic E-state index is 5.03. The third kappa shape index (κ3) is 2.38. The Hall–Kier alpha value is -1.26. The Kier molecular flexibility index (Phi) is 3.18. The topological polar surface area (TPSA) is 27.6 Å². The minimum atomic E-state index is -0.351.